The first-order valence-electron chi connectivity index (χ1n) is 5.94. The van der Waals surface area contributed by atoms with Crippen LogP contribution in [0.3, 0.4) is 0 Å². The van der Waals surface area contributed by atoms with Crippen molar-refractivity contribution in [3.8, 4) is 0 Å². The Kier molecular flexibility index (Phi) is 3.02. The fourth-order valence-electron chi connectivity index (χ4n) is 1.91. The molecule has 0 aliphatic rings. The maximum Gasteiger partial charge on any atom is 0.137 e. The molecular formula is C14H14N4. The molecule has 0 amide bonds. The Hall–Kier alpha value is -2.20. The van der Waals surface area contributed by atoms with Crippen LogP contribution in [-0.4, -0.2) is 14.4 Å². The summed E-state index contributed by atoms with van der Waals surface area (Å²) >= 11 is 0. The van der Waals surface area contributed by atoms with Gasteiger partial charge < -0.3 is 9.72 Å². The summed E-state index contributed by atoms with van der Waals surface area (Å²) < 4.78 is 2.03. The summed E-state index contributed by atoms with van der Waals surface area (Å²) in [6.45, 7) is 1.57. The zero-order chi connectivity index (χ0) is 12.2. The second kappa shape index (κ2) is 4.98. The minimum atomic E-state index is 0.760. The Balaban J connectivity index is 1.63. The average Bonchev–Trinajstić information content (AvgIpc) is 2.82. The number of rotatable bonds is 4. The first-order valence-corrected chi connectivity index (χ1v) is 5.94. The zero-order valence-electron chi connectivity index (χ0n) is 9.95. The van der Waals surface area contributed by atoms with Crippen molar-refractivity contribution in [1.82, 2.24) is 19.7 Å². The molecule has 3 heterocycles. The summed E-state index contributed by atoms with van der Waals surface area (Å²) in [4.78, 5) is 8.61. The Morgan fingerprint density at radius 1 is 1.11 bits per heavy atom. The van der Waals surface area contributed by atoms with Crippen molar-refractivity contribution in [2.24, 2.45) is 0 Å². The van der Waals surface area contributed by atoms with Gasteiger partial charge in [0, 0.05) is 37.9 Å². The Morgan fingerprint density at radius 2 is 2.11 bits per heavy atom. The van der Waals surface area contributed by atoms with Crippen molar-refractivity contribution < 1.29 is 0 Å². The highest BCUT2D eigenvalue weighted by molar-refractivity contribution is 5.39. The van der Waals surface area contributed by atoms with Crippen LogP contribution in [0, 0.1) is 0 Å². The summed E-state index contributed by atoms with van der Waals surface area (Å²) in [7, 11) is 0. The molecule has 0 saturated carbocycles. The predicted octanol–water partition coefficient (Wildman–Crippen LogP) is 2.02. The lowest BCUT2D eigenvalue weighted by Gasteiger charge is -2.01. The van der Waals surface area contributed by atoms with Crippen LogP contribution in [0.2, 0.25) is 0 Å². The first kappa shape index (κ1) is 10.9. The number of hydrogen-bond donors (Lipinski definition) is 1. The molecule has 0 fully saturated rings. The molecule has 0 unspecified atom stereocenters. The molecule has 3 rings (SSSR count). The maximum atomic E-state index is 4.53. The van der Waals surface area contributed by atoms with Crippen molar-refractivity contribution in [1.29, 1.82) is 0 Å². The monoisotopic (exact) mass is 238 g/mol. The molecule has 0 aromatic carbocycles. The van der Waals surface area contributed by atoms with Gasteiger partial charge in [-0.05, 0) is 23.8 Å². The fraction of sp³-hybridized carbons (Fsp3) is 0.143. The highest BCUT2D eigenvalue weighted by atomic mass is 15.0. The molecule has 0 aliphatic heterocycles. The van der Waals surface area contributed by atoms with Crippen LogP contribution < -0.4 is 5.32 Å². The van der Waals surface area contributed by atoms with E-state index in [2.05, 4.69) is 21.4 Å². The molecule has 0 atom stereocenters. The van der Waals surface area contributed by atoms with E-state index in [0.717, 1.165) is 24.4 Å². The van der Waals surface area contributed by atoms with Crippen molar-refractivity contribution in [2.45, 2.75) is 13.1 Å². The third-order valence-electron chi connectivity index (χ3n) is 2.77. The lowest BCUT2D eigenvalue weighted by molar-refractivity contribution is 0.681. The van der Waals surface area contributed by atoms with Gasteiger partial charge in [-0.1, -0.05) is 12.1 Å². The predicted molar refractivity (Wildman–Crippen MR) is 70.0 cm³/mol. The summed E-state index contributed by atoms with van der Waals surface area (Å²) in [5.41, 5.74) is 3.21. The Morgan fingerprint density at radius 3 is 2.94 bits per heavy atom. The molecule has 0 aliphatic carbocycles. The SMILES string of the molecule is c1cncc(CNCc2cn3ccccc3n2)c1. The van der Waals surface area contributed by atoms with Gasteiger partial charge in [-0.25, -0.2) is 4.98 Å². The molecule has 90 valence electrons. The van der Waals surface area contributed by atoms with Crippen LogP contribution in [0.15, 0.2) is 55.1 Å². The molecular weight excluding hydrogens is 224 g/mol. The summed E-state index contributed by atoms with van der Waals surface area (Å²) in [6, 6.07) is 10.0. The van der Waals surface area contributed by atoms with E-state index in [1.54, 1.807) is 6.20 Å². The van der Waals surface area contributed by atoms with Gasteiger partial charge in [0.15, 0.2) is 0 Å². The number of hydrogen-bond acceptors (Lipinski definition) is 3. The quantitative estimate of drug-likeness (QED) is 0.756. The molecule has 4 nitrogen and oxygen atoms in total. The Labute approximate surface area is 105 Å². The van der Waals surface area contributed by atoms with Crippen LogP contribution in [-0.2, 0) is 13.1 Å². The van der Waals surface area contributed by atoms with Crippen molar-refractivity contribution in [3.05, 3.63) is 66.4 Å². The third-order valence-corrected chi connectivity index (χ3v) is 2.77. The van der Waals surface area contributed by atoms with E-state index in [-0.39, 0.29) is 0 Å². The fourth-order valence-corrected chi connectivity index (χ4v) is 1.91. The van der Waals surface area contributed by atoms with Crippen LogP contribution in [0.1, 0.15) is 11.3 Å². The summed E-state index contributed by atoms with van der Waals surface area (Å²) in [5.74, 6) is 0. The lowest BCUT2D eigenvalue weighted by atomic mass is 10.3. The smallest absolute Gasteiger partial charge is 0.137 e. The average molecular weight is 238 g/mol. The van der Waals surface area contributed by atoms with Gasteiger partial charge in [0.25, 0.3) is 0 Å². The van der Waals surface area contributed by atoms with E-state index in [0.29, 0.717) is 0 Å². The highest BCUT2D eigenvalue weighted by Crippen LogP contribution is 2.04. The van der Waals surface area contributed by atoms with E-state index in [9.17, 15) is 0 Å². The van der Waals surface area contributed by atoms with Crippen molar-refractivity contribution in [2.75, 3.05) is 0 Å². The second-order valence-electron chi connectivity index (χ2n) is 4.16. The van der Waals surface area contributed by atoms with Crippen molar-refractivity contribution >= 4 is 5.65 Å². The molecule has 0 spiro atoms. The number of pyridine rings is 2. The number of aromatic nitrogens is 3. The third kappa shape index (κ3) is 2.38. The number of imidazole rings is 1. The normalized spacial score (nSPS) is 10.9. The number of nitrogens with one attached hydrogen (secondary N) is 1. The van der Waals surface area contributed by atoms with Crippen LogP contribution in [0.5, 0.6) is 0 Å². The molecule has 0 bridgehead atoms. The van der Waals surface area contributed by atoms with Crippen LogP contribution in [0.4, 0.5) is 0 Å². The number of nitrogens with zero attached hydrogens (tertiary/aromatic N) is 3. The van der Waals surface area contributed by atoms with Gasteiger partial charge in [0.2, 0.25) is 0 Å². The van der Waals surface area contributed by atoms with Crippen LogP contribution >= 0.6 is 0 Å². The highest BCUT2D eigenvalue weighted by Gasteiger charge is 2.00. The van der Waals surface area contributed by atoms with E-state index in [1.807, 2.05) is 47.3 Å². The largest absolute Gasteiger partial charge is 0.307 e. The maximum absolute atomic E-state index is 4.53. The lowest BCUT2D eigenvalue weighted by Crippen LogP contribution is -2.12. The van der Waals surface area contributed by atoms with E-state index in [4.69, 9.17) is 0 Å². The second-order valence-corrected chi connectivity index (χ2v) is 4.16. The minimum absolute atomic E-state index is 0.760. The van der Waals surface area contributed by atoms with Gasteiger partial charge in [-0.2, -0.15) is 0 Å². The van der Waals surface area contributed by atoms with E-state index < -0.39 is 0 Å². The van der Waals surface area contributed by atoms with Gasteiger partial charge in [-0.15, -0.1) is 0 Å². The topological polar surface area (TPSA) is 42.2 Å². The van der Waals surface area contributed by atoms with Gasteiger partial charge in [-0.3, -0.25) is 4.98 Å². The molecule has 0 saturated heterocycles. The zero-order valence-corrected chi connectivity index (χ0v) is 9.95. The van der Waals surface area contributed by atoms with Crippen LogP contribution in [0.25, 0.3) is 5.65 Å². The van der Waals surface area contributed by atoms with Gasteiger partial charge in [0.05, 0.1) is 5.69 Å². The molecule has 1 N–H and O–H groups in total. The summed E-state index contributed by atoms with van der Waals surface area (Å²) in [5, 5.41) is 3.36. The standard InChI is InChI=1S/C14H14N4/c1-2-7-18-11-13(17-14(18)5-1)10-16-9-12-4-3-6-15-8-12/h1-8,11,16H,9-10H2. The summed E-state index contributed by atoms with van der Waals surface area (Å²) in [6.07, 6.45) is 7.71. The molecule has 18 heavy (non-hydrogen) atoms. The van der Waals surface area contributed by atoms with Crippen molar-refractivity contribution in [3.63, 3.8) is 0 Å². The molecule has 0 radical (unpaired) electrons. The molecule has 4 heteroatoms. The minimum Gasteiger partial charge on any atom is -0.307 e. The van der Waals surface area contributed by atoms with E-state index >= 15 is 0 Å². The van der Waals surface area contributed by atoms with Gasteiger partial charge >= 0.3 is 0 Å². The number of fused-ring (bicyclic) bond motifs is 1. The molecule has 3 aromatic heterocycles. The van der Waals surface area contributed by atoms with E-state index in [1.165, 1.54) is 5.56 Å². The Bertz CT molecular complexity index is 597. The molecule has 3 aromatic rings. The van der Waals surface area contributed by atoms with Gasteiger partial charge in [0.1, 0.15) is 5.65 Å². The first-order chi connectivity index (χ1) is 8.92.